The molecule has 0 saturated carbocycles. The maximum absolute atomic E-state index is 11.8. The lowest BCUT2D eigenvalue weighted by Gasteiger charge is -2.08. The number of H-pyrrole nitrogens is 1. The molecule has 0 aliphatic carbocycles. The number of aliphatic hydroxyl groups is 1. The Labute approximate surface area is 87.4 Å². The van der Waals surface area contributed by atoms with Crippen LogP contribution >= 0.6 is 0 Å². The summed E-state index contributed by atoms with van der Waals surface area (Å²) in [6.45, 7) is 3.46. The molecule has 3 heteroatoms. The minimum absolute atomic E-state index is 0.0197. The molecule has 2 N–H and O–H groups in total. The van der Waals surface area contributed by atoms with E-state index >= 15 is 0 Å². The van der Waals surface area contributed by atoms with Gasteiger partial charge < -0.3 is 10.1 Å². The number of aliphatic hydroxyl groups excluding tert-OH is 1. The Morgan fingerprint density at radius 1 is 1.40 bits per heavy atom. The molecule has 78 valence electrons. The summed E-state index contributed by atoms with van der Waals surface area (Å²) in [5.74, 6) is 0. The number of hydrogen-bond acceptors (Lipinski definition) is 2. The molecule has 0 aliphatic heterocycles. The van der Waals surface area contributed by atoms with E-state index in [2.05, 4.69) is 4.98 Å². The Morgan fingerprint density at radius 2 is 2.13 bits per heavy atom. The van der Waals surface area contributed by atoms with E-state index in [1.807, 2.05) is 6.07 Å². The number of rotatable bonds is 1. The van der Waals surface area contributed by atoms with Crippen LogP contribution < -0.4 is 5.43 Å². The highest BCUT2D eigenvalue weighted by molar-refractivity contribution is 5.82. The smallest absolute Gasteiger partial charge is 0.192 e. The van der Waals surface area contributed by atoms with Crippen LogP contribution in [0.5, 0.6) is 0 Å². The molecule has 0 aliphatic rings. The molecular weight excluding hydrogens is 190 g/mol. The largest absolute Gasteiger partial charge is 0.389 e. The highest BCUT2D eigenvalue weighted by Crippen LogP contribution is 2.20. The third kappa shape index (κ3) is 1.55. The van der Waals surface area contributed by atoms with E-state index in [4.69, 9.17) is 0 Å². The van der Waals surface area contributed by atoms with Gasteiger partial charge in [0, 0.05) is 22.7 Å². The average Bonchev–Trinajstić information content (AvgIpc) is 2.23. The second-order valence-corrected chi connectivity index (χ2v) is 3.75. The van der Waals surface area contributed by atoms with Gasteiger partial charge in [0.1, 0.15) is 0 Å². The van der Waals surface area contributed by atoms with Gasteiger partial charge in [-0.15, -0.1) is 0 Å². The van der Waals surface area contributed by atoms with Gasteiger partial charge in [0.25, 0.3) is 0 Å². The zero-order chi connectivity index (χ0) is 11.0. The molecule has 15 heavy (non-hydrogen) atoms. The van der Waals surface area contributed by atoms with Crippen LogP contribution in [0.25, 0.3) is 10.9 Å². The molecule has 0 spiro atoms. The van der Waals surface area contributed by atoms with Crippen LogP contribution in [0.2, 0.25) is 0 Å². The van der Waals surface area contributed by atoms with Crippen molar-refractivity contribution < 1.29 is 5.11 Å². The molecule has 0 fully saturated rings. The van der Waals surface area contributed by atoms with Gasteiger partial charge in [-0.2, -0.15) is 0 Å². The number of benzene rings is 1. The average molecular weight is 203 g/mol. The molecule has 1 unspecified atom stereocenters. The van der Waals surface area contributed by atoms with Crippen molar-refractivity contribution in [2.24, 2.45) is 0 Å². The van der Waals surface area contributed by atoms with Gasteiger partial charge in [0.15, 0.2) is 5.43 Å². The molecule has 2 rings (SSSR count). The third-order valence-electron chi connectivity index (χ3n) is 2.58. The number of aromatic nitrogens is 1. The van der Waals surface area contributed by atoms with Gasteiger partial charge in [-0.25, -0.2) is 0 Å². The lowest BCUT2D eigenvalue weighted by Crippen LogP contribution is -2.08. The van der Waals surface area contributed by atoms with Crippen molar-refractivity contribution in [3.05, 3.63) is 45.7 Å². The van der Waals surface area contributed by atoms with E-state index in [-0.39, 0.29) is 5.43 Å². The van der Waals surface area contributed by atoms with Crippen LogP contribution in [-0.4, -0.2) is 10.1 Å². The lowest BCUT2D eigenvalue weighted by atomic mass is 10.0. The normalized spacial score (nSPS) is 13.0. The van der Waals surface area contributed by atoms with Gasteiger partial charge in [0.2, 0.25) is 0 Å². The Morgan fingerprint density at radius 3 is 2.80 bits per heavy atom. The molecule has 0 saturated heterocycles. The number of nitrogens with one attached hydrogen (secondary N) is 1. The van der Waals surface area contributed by atoms with Crippen molar-refractivity contribution in [3.8, 4) is 0 Å². The molecular formula is C12H13NO2. The first-order chi connectivity index (χ1) is 7.11. The fourth-order valence-electron chi connectivity index (χ4n) is 1.73. The van der Waals surface area contributed by atoms with Crippen LogP contribution in [-0.2, 0) is 0 Å². The number of pyridine rings is 1. The first kappa shape index (κ1) is 9.93. The molecule has 1 heterocycles. The van der Waals surface area contributed by atoms with E-state index in [0.717, 1.165) is 11.1 Å². The van der Waals surface area contributed by atoms with Gasteiger partial charge in [-0.1, -0.05) is 12.1 Å². The summed E-state index contributed by atoms with van der Waals surface area (Å²) < 4.78 is 0. The van der Waals surface area contributed by atoms with Crippen molar-refractivity contribution >= 4 is 10.9 Å². The Hall–Kier alpha value is -1.61. The second-order valence-electron chi connectivity index (χ2n) is 3.75. The van der Waals surface area contributed by atoms with E-state index in [0.29, 0.717) is 10.9 Å². The topological polar surface area (TPSA) is 53.1 Å². The molecule has 0 bridgehead atoms. The Kier molecular flexibility index (Phi) is 2.32. The number of para-hydroxylation sites is 1. The summed E-state index contributed by atoms with van der Waals surface area (Å²) in [5, 5.41) is 10.2. The van der Waals surface area contributed by atoms with Crippen molar-refractivity contribution in [1.29, 1.82) is 0 Å². The highest BCUT2D eigenvalue weighted by atomic mass is 16.3. The van der Waals surface area contributed by atoms with Gasteiger partial charge in [0.05, 0.1) is 11.6 Å². The SMILES string of the molecule is Cc1c[nH]c2c(C(C)O)cccc2c1=O. The molecule has 1 aromatic carbocycles. The quantitative estimate of drug-likeness (QED) is 0.743. The molecule has 0 amide bonds. The number of aromatic amines is 1. The lowest BCUT2D eigenvalue weighted by molar-refractivity contribution is 0.200. The fraction of sp³-hybridized carbons (Fsp3) is 0.250. The predicted molar refractivity (Wildman–Crippen MR) is 59.9 cm³/mol. The van der Waals surface area contributed by atoms with Crippen molar-refractivity contribution in [2.75, 3.05) is 0 Å². The Balaban J connectivity index is 2.90. The number of fused-ring (bicyclic) bond motifs is 1. The first-order valence-electron chi connectivity index (χ1n) is 4.90. The number of hydrogen-bond donors (Lipinski definition) is 2. The second kappa shape index (κ2) is 3.51. The van der Waals surface area contributed by atoms with Crippen LogP contribution in [0.4, 0.5) is 0 Å². The van der Waals surface area contributed by atoms with Crippen molar-refractivity contribution in [1.82, 2.24) is 4.98 Å². The molecule has 1 atom stereocenters. The van der Waals surface area contributed by atoms with Crippen molar-refractivity contribution in [3.63, 3.8) is 0 Å². The van der Waals surface area contributed by atoms with Gasteiger partial charge in [-0.3, -0.25) is 4.79 Å². The highest BCUT2D eigenvalue weighted by Gasteiger charge is 2.08. The zero-order valence-electron chi connectivity index (χ0n) is 8.74. The first-order valence-corrected chi connectivity index (χ1v) is 4.90. The predicted octanol–water partition coefficient (Wildman–Crippen LogP) is 1.89. The van der Waals surface area contributed by atoms with E-state index in [1.165, 1.54) is 0 Å². The summed E-state index contributed by atoms with van der Waals surface area (Å²) >= 11 is 0. The minimum Gasteiger partial charge on any atom is -0.389 e. The van der Waals surface area contributed by atoms with Gasteiger partial charge >= 0.3 is 0 Å². The third-order valence-corrected chi connectivity index (χ3v) is 2.58. The summed E-state index contributed by atoms with van der Waals surface area (Å²) in [5.41, 5.74) is 2.18. The van der Waals surface area contributed by atoms with E-state index in [9.17, 15) is 9.90 Å². The summed E-state index contributed by atoms with van der Waals surface area (Å²) in [4.78, 5) is 14.9. The van der Waals surface area contributed by atoms with Crippen LogP contribution in [0, 0.1) is 6.92 Å². The summed E-state index contributed by atoms with van der Waals surface area (Å²) in [6, 6.07) is 5.38. The van der Waals surface area contributed by atoms with E-state index < -0.39 is 6.10 Å². The van der Waals surface area contributed by atoms with Crippen LogP contribution in [0.3, 0.4) is 0 Å². The molecule has 0 radical (unpaired) electrons. The molecule has 2 aromatic rings. The minimum atomic E-state index is -0.577. The Bertz CT molecular complexity index is 555. The monoisotopic (exact) mass is 203 g/mol. The van der Waals surface area contributed by atoms with Crippen LogP contribution in [0.1, 0.15) is 24.2 Å². The molecule has 1 aromatic heterocycles. The van der Waals surface area contributed by atoms with Gasteiger partial charge in [-0.05, 0) is 19.9 Å². The van der Waals surface area contributed by atoms with Crippen molar-refractivity contribution in [2.45, 2.75) is 20.0 Å². The number of aryl methyl sites for hydroxylation is 1. The fourth-order valence-corrected chi connectivity index (χ4v) is 1.73. The summed E-state index contributed by atoms with van der Waals surface area (Å²) in [7, 11) is 0. The van der Waals surface area contributed by atoms with E-state index in [1.54, 1.807) is 32.2 Å². The molecule has 3 nitrogen and oxygen atoms in total. The maximum atomic E-state index is 11.8. The standard InChI is InChI=1S/C12H13NO2/c1-7-6-13-11-9(8(2)14)4-3-5-10(11)12(7)15/h3-6,8,14H,1-2H3,(H,13,15). The zero-order valence-corrected chi connectivity index (χ0v) is 8.74. The summed E-state index contributed by atoms with van der Waals surface area (Å²) in [6.07, 6.45) is 1.10. The van der Waals surface area contributed by atoms with Crippen LogP contribution in [0.15, 0.2) is 29.2 Å². The maximum Gasteiger partial charge on any atom is 0.192 e.